The molecule has 0 aliphatic carbocycles. The van der Waals surface area contributed by atoms with Crippen molar-refractivity contribution in [3.8, 4) is 0 Å². The molecule has 1 heterocycles. The van der Waals surface area contributed by atoms with E-state index in [1.807, 2.05) is 5.43 Å². The van der Waals surface area contributed by atoms with Crippen molar-refractivity contribution in [2.45, 2.75) is 12.6 Å². The standard InChI is InChI=1S/C17H10ClF4N3O2/c18-12-3-1-2-11-14(12)23-16(17(20,21)22)25(15(11)27)24-13(26)8-9-4-6-10(19)7-5-9/h1-7H,8H2,(H,24,26). The SMILES string of the molecule is O=C(Cc1ccc(F)cc1)Nn1c(C(F)(F)F)nc2c(Cl)cccc2c1=O. The number of nitrogens with one attached hydrogen (secondary N) is 1. The van der Waals surface area contributed by atoms with Gasteiger partial charge in [-0.25, -0.2) is 9.37 Å². The van der Waals surface area contributed by atoms with E-state index in [1.165, 1.54) is 30.3 Å². The highest BCUT2D eigenvalue weighted by Crippen LogP contribution is 2.29. The highest BCUT2D eigenvalue weighted by Gasteiger charge is 2.38. The van der Waals surface area contributed by atoms with E-state index in [4.69, 9.17) is 11.6 Å². The second kappa shape index (κ2) is 6.99. The van der Waals surface area contributed by atoms with Crippen molar-refractivity contribution in [2.24, 2.45) is 0 Å². The highest BCUT2D eigenvalue weighted by atomic mass is 35.5. The fourth-order valence-corrected chi connectivity index (χ4v) is 2.64. The molecule has 3 aromatic rings. The Morgan fingerprint density at radius 1 is 1.15 bits per heavy atom. The van der Waals surface area contributed by atoms with Gasteiger partial charge in [0.25, 0.3) is 5.56 Å². The number of nitrogens with zero attached hydrogens (tertiary/aromatic N) is 2. The van der Waals surface area contributed by atoms with Crippen molar-refractivity contribution in [3.63, 3.8) is 0 Å². The molecule has 0 spiro atoms. The summed E-state index contributed by atoms with van der Waals surface area (Å²) in [6, 6.07) is 8.76. The van der Waals surface area contributed by atoms with Crippen LogP contribution in [0.4, 0.5) is 17.6 Å². The van der Waals surface area contributed by atoms with Gasteiger partial charge in [-0.05, 0) is 29.8 Å². The van der Waals surface area contributed by atoms with Crippen LogP contribution in [-0.2, 0) is 17.4 Å². The Balaban J connectivity index is 2.04. The Labute approximate surface area is 154 Å². The molecule has 1 amide bonds. The number of aromatic nitrogens is 2. The Hall–Kier alpha value is -2.94. The summed E-state index contributed by atoms with van der Waals surface area (Å²) in [4.78, 5) is 28.0. The quantitative estimate of drug-likeness (QED) is 0.685. The number of para-hydroxylation sites is 1. The van der Waals surface area contributed by atoms with Gasteiger partial charge in [0, 0.05) is 0 Å². The third kappa shape index (κ3) is 3.92. The van der Waals surface area contributed by atoms with Gasteiger partial charge in [-0.15, -0.1) is 0 Å². The van der Waals surface area contributed by atoms with E-state index < -0.39 is 29.3 Å². The molecule has 0 bridgehead atoms. The summed E-state index contributed by atoms with van der Waals surface area (Å²) >= 11 is 5.83. The minimum absolute atomic E-state index is 0.0461. The van der Waals surface area contributed by atoms with E-state index in [0.29, 0.717) is 5.56 Å². The average Bonchev–Trinajstić information content (AvgIpc) is 2.59. The van der Waals surface area contributed by atoms with Gasteiger partial charge in [0.2, 0.25) is 11.7 Å². The number of fused-ring (bicyclic) bond motifs is 1. The summed E-state index contributed by atoms with van der Waals surface area (Å²) in [5, 5.41) is -0.308. The van der Waals surface area contributed by atoms with Gasteiger partial charge < -0.3 is 0 Å². The van der Waals surface area contributed by atoms with Gasteiger partial charge in [-0.3, -0.25) is 15.0 Å². The summed E-state index contributed by atoms with van der Waals surface area (Å²) in [6.07, 6.45) is -5.38. The molecule has 1 N–H and O–H groups in total. The van der Waals surface area contributed by atoms with Crippen molar-refractivity contribution in [2.75, 3.05) is 5.43 Å². The maximum atomic E-state index is 13.4. The number of amides is 1. The Morgan fingerprint density at radius 2 is 1.81 bits per heavy atom. The minimum Gasteiger partial charge on any atom is -0.273 e. The fourth-order valence-electron chi connectivity index (χ4n) is 2.42. The predicted octanol–water partition coefficient (Wildman–Crippen LogP) is 3.52. The number of carbonyl (C=O) groups excluding carboxylic acids is 1. The lowest BCUT2D eigenvalue weighted by Gasteiger charge is -2.16. The molecule has 0 aliphatic heterocycles. The van der Waals surface area contributed by atoms with Crippen LogP contribution < -0.4 is 11.0 Å². The molecule has 10 heteroatoms. The van der Waals surface area contributed by atoms with Gasteiger partial charge in [0.05, 0.1) is 22.3 Å². The van der Waals surface area contributed by atoms with Gasteiger partial charge in [-0.1, -0.05) is 29.8 Å². The van der Waals surface area contributed by atoms with Crippen LogP contribution in [-0.4, -0.2) is 15.6 Å². The first-order valence-corrected chi connectivity index (χ1v) is 7.87. The topological polar surface area (TPSA) is 64.0 Å². The number of carbonyl (C=O) groups is 1. The maximum absolute atomic E-state index is 13.4. The fraction of sp³-hybridized carbons (Fsp3) is 0.118. The largest absolute Gasteiger partial charge is 0.451 e. The number of alkyl halides is 3. The first kappa shape index (κ1) is 18.8. The summed E-state index contributed by atoms with van der Waals surface area (Å²) in [7, 11) is 0. The number of hydrogen-bond acceptors (Lipinski definition) is 3. The molecule has 27 heavy (non-hydrogen) atoms. The lowest BCUT2D eigenvalue weighted by molar-refractivity contribution is -0.147. The normalized spacial score (nSPS) is 11.6. The molecule has 0 radical (unpaired) electrons. The molecule has 3 rings (SSSR count). The summed E-state index contributed by atoms with van der Waals surface area (Å²) in [6.45, 7) is 0. The third-order valence-corrected chi connectivity index (χ3v) is 3.92. The van der Waals surface area contributed by atoms with Crippen molar-refractivity contribution < 1.29 is 22.4 Å². The summed E-state index contributed by atoms with van der Waals surface area (Å²) in [5.41, 5.74) is 0.818. The lowest BCUT2D eigenvalue weighted by atomic mass is 10.1. The van der Waals surface area contributed by atoms with Gasteiger partial charge in [0.1, 0.15) is 5.82 Å². The molecule has 0 saturated heterocycles. The van der Waals surface area contributed by atoms with Crippen LogP contribution in [0.5, 0.6) is 0 Å². The van der Waals surface area contributed by atoms with Crippen molar-refractivity contribution in [3.05, 3.63) is 75.0 Å². The molecule has 0 aliphatic rings. The van der Waals surface area contributed by atoms with Crippen LogP contribution in [0.25, 0.3) is 10.9 Å². The molecule has 0 saturated carbocycles. The van der Waals surface area contributed by atoms with E-state index >= 15 is 0 Å². The zero-order valence-electron chi connectivity index (χ0n) is 13.3. The minimum atomic E-state index is -5.02. The van der Waals surface area contributed by atoms with Crippen molar-refractivity contribution in [1.29, 1.82) is 0 Å². The van der Waals surface area contributed by atoms with E-state index in [-0.39, 0.29) is 27.0 Å². The van der Waals surface area contributed by atoms with Crippen LogP contribution in [0.3, 0.4) is 0 Å². The van der Waals surface area contributed by atoms with E-state index in [9.17, 15) is 27.2 Å². The molecule has 5 nitrogen and oxygen atoms in total. The van der Waals surface area contributed by atoms with Crippen LogP contribution in [0.15, 0.2) is 47.3 Å². The highest BCUT2D eigenvalue weighted by molar-refractivity contribution is 6.34. The number of rotatable bonds is 3. The molecular formula is C17H10ClF4N3O2. The van der Waals surface area contributed by atoms with Crippen LogP contribution in [0, 0.1) is 5.82 Å². The number of benzene rings is 2. The predicted molar refractivity (Wildman–Crippen MR) is 90.5 cm³/mol. The van der Waals surface area contributed by atoms with Crippen molar-refractivity contribution in [1.82, 2.24) is 9.66 Å². The van der Waals surface area contributed by atoms with Crippen LogP contribution in [0.2, 0.25) is 5.02 Å². The molecular weight excluding hydrogens is 390 g/mol. The molecule has 140 valence electrons. The summed E-state index contributed by atoms with van der Waals surface area (Å²) in [5.74, 6) is -3.04. The number of hydrogen-bond donors (Lipinski definition) is 1. The smallest absolute Gasteiger partial charge is 0.273 e. The molecule has 0 unspecified atom stereocenters. The second-order valence-electron chi connectivity index (χ2n) is 5.55. The molecule has 0 fully saturated rings. The monoisotopic (exact) mass is 399 g/mol. The van der Waals surface area contributed by atoms with Crippen LogP contribution >= 0.6 is 11.6 Å². The van der Waals surface area contributed by atoms with E-state index in [2.05, 4.69) is 4.98 Å². The second-order valence-corrected chi connectivity index (χ2v) is 5.96. The summed E-state index contributed by atoms with van der Waals surface area (Å²) < 4.78 is 53.0. The lowest BCUT2D eigenvalue weighted by Crippen LogP contribution is -2.39. The first-order chi connectivity index (χ1) is 12.7. The van der Waals surface area contributed by atoms with E-state index in [1.54, 1.807) is 0 Å². The Morgan fingerprint density at radius 3 is 2.44 bits per heavy atom. The molecule has 2 aromatic carbocycles. The van der Waals surface area contributed by atoms with Gasteiger partial charge in [0.15, 0.2) is 0 Å². The van der Waals surface area contributed by atoms with Crippen LogP contribution in [0.1, 0.15) is 11.4 Å². The average molecular weight is 400 g/mol. The third-order valence-electron chi connectivity index (χ3n) is 3.62. The first-order valence-electron chi connectivity index (χ1n) is 7.49. The number of halogens is 5. The van der Waals surface area contributed by atoms with Crippen molar-refractivity contribution >= 4 is 28.4 Å². The Kier molecular flexibility index (Phi) is 4.88. The van der Waals surface area contributed by atoms with Gasteiger partial charge in [-0.2, -0.15) is 17.8 Å². The Bertz CT molecular complexity index is 1080. The molecule has 0 atom stereocenters. The zero-order valence-corrected chi connectivity index (χ0v) is 14.1. The maximum Gasteiger partial charge on any atom is 0.451 e. The molecule has 1 aromatic heterocycles. The van der Waals surface area contributed by atoms with E-state index in [0.717, 1.165) is 12.1 Å². The van der Waals surface area contributed by atoms with Gasteiger partial charge >= 0.3 is 6.18 Å². The zero-order chi connectivity index (χ0) is 19.8.